The predicted octanol–water partition coefficient (Wildman–Crippen LogP) is 1.77. The van der Waals surface area contributed by atoms with Gasteiger partial charge in [-0.05, 0) is 31.2 Å². The fourth-order valence-electron chi connectivity index (χ4n) is 1.72. The summed E-state index contributed by atoms with van der Waals surface area (Å²) in [6, 6.07) is 2.71. The molecule has 0 fully saturated rings. The second-order valence-corrected chi connectivity index (χ2v) is 4.57. The van der Waals surface area contributed by atoms with Gasteiger partial charge in [0.25, 0.3) is 5.91 Å². The largest absolute Gasteiger partial charge is 0.475 e. The molecule has 0 aromatic carbocycles. The number of hydrogen-bond donors (Lipinski definition) is 1. The van der Waals surface area contributed by atoms with Crippen LogP contribution in [-0.4, -0.2) is 33.9 Å². The summed E-state index contributed by atoms with van der Waals surface area (Å²) in [6.07, 6.45) is 7.30. The zero-order valence-corrected chi connectivity index (χ0v) is 12.9. The molecular weight excluding hydrogens is 318 g/mol. The summed E-state index contributed by atoms with van der Waals surface area (Å²) in [6.45, 7) is 1.53. The maximum atomic E-state index is 12.0. The quantitative estimate of drug-likeness (QED) is 0.467. The maximum Gasteiger partial charge on any atom is 0.350 e. The average molecular weight is 333 g/mol. The van der Waals surface area contributed by atoms with E-state index < -0.39 is 16.9 Å². The van der Waals surface area contributed by atoms with E-state index in [-0.39, 0.29) is 11.6 Å². The smallest absolute Gasteiger partial charge is 0.350 e. The van der Waals surface area contributed by atoms with E-state index >= 15 is 0 Å². The first-order valence-electron chi connectivity index (χ1n) is 6.83. The van der Waals surface area contributed by atoms with Crippen molar-refractivity contribution in [3.63, 3.8) is 0 Å². The van der Waals surface area contributed by atoms with Crippen molar-refractivity contribution in [1.82, 2.24) is 15.2 Å². The molecule has 2 aromatic rings. The third kappa shape index (κ3) is 4.06. The monoisotopic (exact) mass is 333 g/mol. The zero-order chi connectivity index (χ0) is 17.5. The van der Waals surface area contributed by atoms with Gasteiger partial charge in [0.05, 0.1) is 18.3 Å². The van der Waals surface area contributed by atoms with Crippen LogP contribution in [-0.2, 0) is 4.79 Å². The standard InChI is InChI=1S/C14H15N5O5/c1-10(18-9-12(19(21)22)14(17-18)23-2)13(20)16-15-7-3-5-11-6-4-8-24-11/h3-10H,1-2H3,(H,16,20). The lowest BCUT2D eigenvalue weighted by Gasteiger charge is -2.08. The summed E-state index contributed by atoms with van der Waals surface area (Å²) in [7, 11) is 1.26. The molecule has 2 aromatic heterocycles. The van der Waals surface area contributed by atoms with Gasteiger partial charge in [-0.1, -0.05) is 0 Å². The van der Waals surface area contributed by atoms with Crippen molar-refractivity contribution in [1.29, 1.82) is 0 Å². The SMILES string of the molecule is COc1nn(C(C)C(=O)NN=CC=Cc2ccco2)cc1[N+](=O)[O-]. The Balaban J connectivity index is 1.95. The third-order valence-electron chi connectivity index (χ3n) is 2.99. The van der Waals surface area contributed by atoms with Gasteiger partial charge in [0.2, 0.25) is 0 Å². The van der Waals surface area contributed by atoms with E-state index in [1.54, 1.807) is 24.3 Å². The number of nitro groups is 1. The van der Waals surface area contributed by atoms with Crippen LogP contribution >= 0.6 is 0 Å². The Bertz CT molecular complexity index is 763. The van der Waals surface area contributed by atoms with Crippen molar-refractivity contribution in [2.45, 2.75) is 13.0 Å². The number of carbonyl (C=O) groups is 1. The van der Waals surface area contributed by atoms with Gasteiger partial charge in [-0.15, -0.1) is 5.10 Å². The summed E-state index contributed by atoms with van der Waals surface area (Å²) in [5.74, 6) is -0.000627. The fourth-order valence-corrected chi connectivity index (χ4v) is 1.72. The first kappa shape index (κ1) is 16.9. The molecule has 1 amide bonds. The van der Waals surface area contributed by atoms with Crippen molar-refractivity contribution in [3.05, 3.63) is 46.5 Å². The van der Waals surface area contributed by atoms with Gasteiger partial charge in [0, 0.05) is 6.21 Å². The molecule has 0 aliphatic heterocycles. The molecular formula is C14H15N5O5. The Kier molecular flexibility index (Phi) is 5.45. The minimum atomic E-state index is -0.807. The lowest BCUT2D eigenvalue weighted by atomic mass is 10.3. The minimum absolute atomic E-state index is 0.162. The molecule has 0 aliphatic rings. The molecule has 10 heteroatoms. The first-order valence-corrected chi connectivity index (χ1v) is 6.83. The zero-order valence-electron chi connectivity index (χ0n) is 12.9. The number of ether oxygens (including phenoxy) is 1. The number of aromatic nitrogens is 2. The highest BCUT2D eigenvalue weighted by atomic mass is 16.6. The van der Waals surface area contributed by atoms with E-state index in [2.05, 4.69) is 15.6 Å². The molecule has 2 heterocycles. The summed E-state index contributed by atoms with van der Waals surface area (Å²) in [5.41, 5.74) is 2.00. The molecule has 126 valence electrons. The molecule has 1 unspecified atom stereocenters. The second kappa shape index (κ2) is 7.72. The Morgan fingerprint density at radius 1 is 1.62 bits per heavy atom. The van der Waals surface area contributed by atoms with Crippen LogP contribution in [0.2, 0.25) is 0 Å². The topological polar surface area (TPSA) is 125 Å². The number of amides is 1. The van der Waals surface area contributed by atoms with Crippen LogP contribution in [0.4, 0.5) is 5.69 Å². The molecule has 0 aliphatic carbocycles. The highest BCUT2D eigenvalue weighted by Crippen LogP contribution is 2.25. The van der Waals surface area contributed by atoms with Crippen LogP contribution in [0.3, 0.4) is 0 Å². The van der Waals surface area contributed by atoms with Gasteiger partial charge < -0.3 is 9.15 Å². The number of hydrazone groups is 1. The maximum absolute atomic E-state index is 12.0. The van der Waals surface area contributed by atoms with E-state index in [4.69, 9.17) is 9.15 Å². The van der Waals surface area contributed by atoms with E-state index in [0.29, 0.717) is 5.76 Å². The van der Waals surface area contributed by atoms with E-state index in [0.717, 1.165) is 10.9 Å². The van der Waals surface area contributed by atoms with Crippen molar-refractivity contribution in [2.24, 2.45) is 5.10 Å². The first-order chi connectivity index (χ1) is 11.5. The number of allylic oxidation sites excluding steroid dienone is 1. The Morgan fingerprint density at radius 3 is 3.00 bits per heavy atom. The van der Waals surface area contributed by atoms with Gasteiger partial charge in [-0.2, -0.15) is 5.10 Å². The van der Waals surface area contributed by atoms with Gasteiger partial charge in [0.15, 0.2) is 0 Å². The molecule has 0 saturated carbocycles. The normalized spacial score (nSPS) is 12.6. The summed E-state index contributed by atoms with van der Waals surface area (Å²) in [5, 5.41) is 18.5. The third-order valence-corrected chi connectivity index (χ3v) is 2.99. The van der Waals surface area contributed by atoms with Crippen LogP contribution in [0.15, 0.2) is 40.2 Å². The van der Waals surface area contributed by atoms with Crippen LogP contribution in [0.25, 0.3) is 6.08 Å². The summed E-state index contributed by atoms with van der Waals surface area (Å²) in [4.78, 5) is 22.2. The van der Waals surface area contributed by atoms with Gasteiger partial charge in [-0.25, -0.2) is 10.1 Å². The number of hydrogen-bond acceptors (Lipinski definition) is 7. The molecule has 10 nitrogen and oxygen atoms in total. The average Bonchev–Trinajstić information content (AvgIpc) is 3.22. The number of carbonyl (C=O) groups excluding carboxylic acids is 1. The fraction of sp³-hybridized carbons (Fsp3) is 0.214. The highest BCUT2D eigenvalue weighted by molar-refractivity contribution is 5.82. The second-order valence-electron chi connectivity index (χ2n) is 4.57. The molecule has 0 saturated heterocycles. The highest BCUT2D eigenvalue weighted by Gasteiger charge is 2.24. The summed E-state index contributed by atoms with van der Waals surface area (Å²) >= 11 is 0. The van der Waals surface area contributed by atoms with Crippen LogP contribution in [0, 0.1) is 10.1 Å². The molecule has 1 atom stereocenters. The van der Waals surface area contributed by atoms with Crippen molar-refractivity contribution in [2.75, 3.05) is 7.11 Å². The molecule has 24 heavy (non-hydrogen) atoms. The van der Waals surface area contributed by atoms with Crippen LogP contribution in [0.5, 0.6) is 5.88 Å². The van der Waals surface area contributed by atoms with Gasteiger partial charge in [0.1, 0.15) is 18.0 Å². The van der Waals surface area contributed by atoms with E-state index in [1.165, 1.54) is 26.5 Å². The number of rotatable bonds is 7. The van der Waals surface area contributed by atoms with Crippen LogP contribution < -0.4 is 10.2 Å². The predicted molar refractivity (Wildman–Crippen MR) is 84.5 cm³/mol. The summed E-state index contributed by atoms with van der Waals surface area (Å²) < 4.78 is 11.0. The lowest BCUT2D eigenvalue weighted by molar-refractivity contribution is -0.385. The Hall–Kier alpha value is -3.43. The van der Waals surface area contributed by atoms with Crippen molar-refractivity contribution in [3.8, 4) is 5.88 Å². The molecule has 0 spiro atoms. The van der Waals surface area contributed by atoms with E-state index in [9.17, 15) is 14.9 Å². The number of nitrogens with one attached hydrogen (secondary N) is 1. The van der Waals surface area contributed by atoms with Gasteiger partial charge >= 0.3 is 11.6 Å². The van der Waals surface area contributed by atoms with Crippen molar-refractivity contribution >= 4 is 23.9 Å². The minimum Gasteiger partial charge on any atom is -0.475 e. The van der Waals surface area contributed by atoms with E-state index in [1.807, 2.05) is 0 Å². The Labute approximate surface area is 136 Å². The number of furan rings is 1. The molecule has 2 rings (SSSR count). The molecule has 0 bridgehead atoms. The van der Waals surface area contributed by atoms with Crippen molar-refractivity contribution < 1.29 is 18.9 Å². The lowest BCUT2D eigenvalue weighted by Crippen LogP contribution is -2.27. The molecule has 0 radical (unpaired) electrons. The Morgan fingerprint density at radius 2 is 2.42 bits per heavy atom. The van der Waals surface area contributed by atoms with Gasteiger partial charge in [-0.3, -0.25) is 14.9 Å². The number of nitrogens with zero attached hydrogens (tertiary/aromatic N) is 4. The number of methoxy groups -OCH3 is 1. The molecule has 1 N–H and O–H groups in total. The van der Waals surface area contributed by atoms with Crippen LogP contribution in [0.1, 0.15) is 18.7 Å².